The number of halogens is 1. The Morgan fingerprint density at radius 3 is 2.75 bits per heavy atom. The van der Waals surface area contributed by atoms with Crippen LogP contribution in [0.25, 0.3) is 11.3 Å². The van der Waals surface area contributed by atoms with Gasteiger partial charge in [-0.25, -0.2) is 4.39 Å². The van der Waals surface area contributed by atoms with Crippen molar-refractivity contribution in [2.45, 2.75) is 0 Å². The van der Waals surface area contributed by atoms with Gasteiger partial charge in [-0.15, -0.1) is 0 Å². The van der Waals surface area contributed by atoms with Crippen molar-refractivity contribution in [1.29, 1.82) is 0 Å². The highest BCUT2D eigenvalue weighted by Gasteiger charge is 2.13. The molecule has 0 unspecified atom stereocenters. The Labute approximate surface area is 90.3 Å². The van der Waals surface area contributed by atoms with E-state index in [0.717, 1.165) is 12.1 Å². The van der Waals surface area contributed by atoms with Crippen molar-refractivity contribution in [3.8, 4) is 11.3 Å². The van der Waals surface area contributed by atoms with E-state index in [1.165, 1.54) is 10.7 Å². The fraction of sp³-hybridized carbons (Fsp3) is 0.100. The molecule has 16 heavy (non-hydrogen) atoms. The summed E-state index contributed by atoms with van der Waals surface area (Å²) >= 11 is 0. The topological polar surface area (TPSA) is 61.0 Å². The van der Waals surface area contributed by atoms with Crippen molar-refractivity contribution < 1.29 is 9.31 Å². The van der Waals surface area contributed by atoms with Crippen molar-refractivity contribution in [3.63, 3.8) is 0 Å². The van der Waals surface area contributed by atoms with Gasteiger partial charge in [0.15, 0.2) is 0 Å². The van der Waals surface area contributed by atoms with Crippen LogP contribution in [0, 0.1) is 15.9 Å². The van der Waals surface area contributed by atoms with Gasteiger partial charge in [0.05, 0.1) is 10.6 Å². The number of benzene rings is 1. The number of aryl methyl sites for hydroxylation is 1. The van der Waals surface area contributed by atoms with E-state index in [1.54, 1.807) is 19.3 Å². The number of aromatic nitrogens is 2. The van der Waals surface area contributed by atoms with Crippen molar-refractivity contribution in [3.05, 3.63) is 46.4 Å². The highest BCUT2D eigenvalue weighted by atomic mass is 19.1. The zero-order valence-electron chi connectivity index (χ0n) is 8.42. The molecular formula is C10H8FN3O2. The average Bonchev–Trinajstić information content (AvgIpc) is 2.65. The van der Waals surface area contributed by atoms with Crippen molar-refractivity contribution >= 4 is 5.69 Å². The Bertz CT molecular complexity index is 551. The van der Waals surface area contributed by atoms with Crippen molar-refractivity contribution in [2.75, 3.05) is 0 Å². The number of nitrogens with zero attached hydrogens (tertiary/aromatic N) is 3. The standard InChI is InChI=1S/C10H8FN3O2/c1-13-5-4-10(12-13)8-6-7(14(15)16)2-3-9(8)11/h2-6H,1H3. The lowest BCUT2D eigenvalue weighted by Gasteiger charge is -1.99. The fourth-order valence-corrected chi connectivity index (χ4v) is 1.38. The lowest BCUT2D eigenvalue weighted by molar-refractivity contribution is -0.384. The monoisotopic (exact) mass is 221 g/mol. The number of hydrogen-bond acceptors (Lipinski definition) is 3. The first kappa shape index (κ1) is 10.3. The molecule has 0 aliphatic carbocycles. The molecule has 0 aliphatic heterocycles. The first-order valence-electron chi connectivity index (χ1n) is 4.52. The van der Waals surface area contributed by atoms with Crippen LogP contribution in [0.1, 0.15) is 0 Å². The third-order valence-corrected chi connectivity index (χ3v) is 2.15. The Balaban J connectivity index is 2.55. The van der Waals surface area contributed by atoms with Gasteiger partial charge in [0.1, 0.15) is 5.82 Å². The Morgan fingerprint density at radius 1 is 1.44 bits per heavy atom. The lowest BCUT2D eigenvalue weighted by atomic mass is 10.1. The molecular weight excluding hydrogens is 213 g/mol. The van der Waals surface area contributed by atoms with E-state index >= 15 is 0 Å². The van der Waals surface area contributed by atoms with Crippen LogP contribution < -0.4 is 0 Å². The highest BCUT2D eigenvalue weighted by molar-refractivity contribution is 5.62. The highest BCUT2D eigenvalue weighted by Crippen LogP contribution is 2.25. The molecule has 2 rings (SSSR count). The number of hydrogen-bond donors (Lipinski definition) is 0. The van der Waals surface area contributed by atoms with Gasteiger partial charge >= 0.3 is 0 Å². The van der Waals surface area contributed by atoms with Gasteiger partial charge < -0.3 is 0 Å². The molecule has 0 saturated heterocycles. The summed E-state index contributed by atoms with van der Waals surface area (Å²) in [6.45, 7) is 0. The molecule has 1 aromatic heterocycles. The van der Waals surface area contributed by atoms with Crippen LogP contribution in [0.5, 0.6) is 0 Å². The molecule has 2 aromatic rings. The SMILES string of the molecule is Cn1ccc(-c2cc([N+](=O)[O-])ccc2F)n1. The number of non-ortho nitro benzene ring substituents is 1. The predicted octanol–water partition coefficient (Wildman–Crippen LogP) is 2.13. The lowest BCUT2D eigenvalue weighted by Crippen LogP contribution is -1.93. The summed E-state index contributed by atoms with van der Waals surface area (Å²) in [7, 11) is 1.69. The third-order valence-electron chi connectivity index (χ3n) is 2.15. The summed E-state index contributed by atoms with van der Waals surface area (Å²) in [5, 5.41) is 14.6. The van der Waals surface area contributed by atoms with Gasteiger partial charge in [0.2, 0.25) is 0 Å². The molecule has 0 amide bonds. The van der Waals surface area contributed by atoms with Crippen LogP contribution >= 0.6 is 0 Å². The molecule has 0 aliphatic rings. The second-order valence-electron chi connectivity index (χ2n) is 3.30. The van der Waals surface area contributed by atoms with E-state index in [9.17, 15) is 14.5 Å². The van der Waals surface area contributed by atoms with E-state index < -0.39 is 10.7 Å². The van der Waals surface area contributed by atoms with Crippen LogP contribution in [0.3, 0.4) is 0 Å². The molecule has 1 aromatic carbocycles. The minimum atomic E-state index is -0.564. The number of nitro benzene ring substituents is 1. The smallest absolute Gasteiger partial charge is 0.270 e. The minimum Gasteiger partial charge on any atom is -0.275 e. The van der Waals surface area contributed by atoms with Crippen LogP contribution in [0.4, 0.5) is 10.1 Å². The Hall–Kier alpha value is -2.24. The molecule has 0 spiro atoms. The molecule has 0 fully saturated rings. The maximum absolute atomic E-state index is 13.5. The molecule has 82 valence electrons. The molecule has 0 saturated carbocycles. The first-order valence-corrected chi connectivity index (χ1v) is 4.52. The second kappa shape index (κ2) is 3.73. The Morgan fingerprint density at radius 2 is 2.19 bits per heavy atom. The van der Waals surface area contributed by atoms with Crippen LogP contribution in [0.2, 0.25) is 0 Å². The average molecular weight is 221 g/mol. The summed E-state index contributed by atoms with van der Waals surface area (Å²) in [5.41, 5.74) is 0.362. The Kier molecular flexibility index (Phi) is 2.40. The van der Waals surface area contributed by atoms with E-state index in [1.807, 2.05) is 0 Å². The first-order chi connectivity index (χ1) is 7.58. The van der Waals surface area contributed by atoms with E-state index in [-0.39, 0.29) is 11.3 Å². The molecule has 0 N–H and O–H groups in total. The van der Waals surface area contributed by atoms with Crippen molar-refractivity contribution in [2.24, 2.45) is 7.05 Å². The van der Waals surface area contributed by atoms with E-state index in [0.29, 0.717) is 5.69 Å². The number of rotatable bonds is 2. The quantitative estimate of drug-likeness (QED) is 0.576. The summed E-state index contributed by atoms with van der Waals surface area (Å²) in [4.78, 5) is 9.99. The molecule has 0 radical (unpaired) electrons. The van der Waals surface area contributed by atoms with Crippen molar-refractivity contribution in [1.82, 2.24) is 9.78 Å². The van der Waals surface area contributed by atoms with Gasteiger partial charge in [-0.2, -0.15) is 5.10 Å². The molecule has 0 atom stereocenters. The molecule has 6 heteroatoms. The zero-order valence-corrected chi connectivity index (χ0v) is 8.42. The summed E-state index contributed by atoms with van der Waals surface area (Å²) in [6.07, 6.45) is 1.65. The zero-order chi connectivity index (χ0) is 11.7. The predicted molar refractivity (Wildman–Crippen MR) is 55.3 cm³/mol. The molecule has 0 bridgehead atoms. The third kappa shape index (κ3) is 1.77. The van der Waals surface area contributed by atoms with Gasteiger partial charge in [0, 0.05) is 30.9 Å². The van der Waals surface area contributed by atoms with Crippen LogP contribution in [0.15, 0.2) is 30.5 Å². The maximum Gasteiger partial charge on any atom is 0.270 e. The van der Waals surface area contributed by atoms with Gasteiger partial charge in [-0.3, -0.25) is 14.8 Å². The van der Waals surface area contributed by atoms with Crippen LogP contribution in [-0.4, -0.2) is 14.7 Å². The summed E-state index contributed by atoms with van der Waals surface area (Å²) in [5.74, 6) is -0.524. The maximum atomic E-state index is 13.5. The fourth-order valence-electron chi connectivity index (χ4n) is 1.38. The largest absolute Gasteiger partial charge is 0.275 e. The van der Waals surface area contributed by atoms with Gasteiger partial charge in [-0.05, 0) is 12.1 Å². The molecule has 1 heterocycles. The normalized spacial score (nSPS) is 10.4. The minimum absolute atomic E-state index is 0.134. The van der Waals surface area contributed by atoms with Gasteiger partial charge in [-0.1, -0.05) is 0 Å². The van der Waals surface area contributed by atoms with Gasteiger partial charge in [0.25, 0.3) is 5.69 Å². The second-order valence-corrected chi connectivity index (χ2v) is 3.30. The summed E-state index contributed by atoms with van der Waals surface area (Å²) < 4.78 is 15.0. The molecule has 5 nitrogen and oxygen atoms in total. The van der Waals surface area contributed by atoms with E-state index in [4.69, 9.17) is 0 Å². The van der Waals surface area contributed by atoms with E-state index in [2.05, 4.69) is 5.10 Å². The number of nitro groups is 1. The summed E-state index contributed by atoms with van der Waals surface area (Å²) in [6, 6.07) is 4.98. The van der Waals surface area contributed by atoms with Crippen LogP contribution in [-0.2, 0) is 7.05 Å².